The average molecular weight is 483 g/mol. The summed E-state index contributed by atoms with van der Waals surface area (Å²) in [5.41, 5.74) is 2.61. The van der Waals surface area contributed by atoms with Crippen LogP contribution in [0.25, 0.3) is 10.2 Å². The molecular formula is C23H22N4O4S2. The van der Waals surface area contributed by atoms with Crippen LogP contribution >= 0.6 is 11.3 Å². The summed E-state index contributed by atoms with van der Waals surface area (Å²) < 4.78 is 24.8. The molecule has 2 aromatic carbocycles. The van der Waals surface area contributed by atoms with Crippen LogP contribution in [0, 0.1) is 6.92 Å². The van der Waals surface area contributed by atoms with Crippen LogP contribution in [0.1, 0.15) is 24.8 Å². The first kappa shape index (κ1) is 21.7. The summed E-state index contributed by atoms with van der Waals surface area (Å²) in [6.45, 7) is 1.92. The topological polar surface area (TPSA) is 100 Å². The van der Waals surface area contributed by atoms with E-state index in [1.54, 1.807) is 4.90 Å². The molecule has 0 N–H and O–H groups in total. The van der Waals surface area contributed by atoms with Gasteiger partial charge in [0.2, 0.25) is 5.91 Å². The molecule has 0 aliphatic carbocycles. The van der Waals surface area contributed by atoms with E-state index < -0.39 is 15.9 Å². The maximum Gasteiger partial charge on any atom is 0.280 e. The van der Waals surface area contributed by atoms with Crippen LogP contribution in [-0.4, -0.2) is 53.5 Å². The Morgan fingerprint density at radius 1 is 1.12 bits per heavy atom. The number of fused-ring (bicyclic) bond motifs is 1. The lowest BCUT2D eigenvalue weighted by Gasteiger charge is -2.29. The average Bonchev–Trinajstić information content (AvgIpc) is 3.38. The molecule has 8 nitrogen and oxygen atoms in total. The molecular weight excluding hydrogens is 460 g/mol. The fraction of sp³-hybridized carbons (Fsp3) is 0.304. The number of rotatable bonds is 4. The van der Waals surface area contributed by atoms with Gasteiger partial charge in [0.25, 0.3) is 5.91 Å². The van der Waals surface area contributed by atoms with Crippen molar-refractivity contribution >= 4 is 59.7 Å². The lowest BCUT2D eigenvalue weighted by atomic mass is 10.1. The lowest BCUT2D eigenvalue weighted by Crippen LogP contribution is -2.44. The van der Waals surface area contributed by atoms with Gasteiger partial charge in [-0.3, -0.25) is 14.5 Å². The minimum absolute atomic E-state index is 0.0291. The predicted molar refractivity (Wildman–Crippen MR) is 129 cm³/mol. The van der Waals surface area contributed by atoms with Crippen molar-refractivity contribution in [3.8, 4) is 0 Å². The van der Waals surface area contributed by atoms with Gasteiger partial charge in [-0.15, -0.1) is 0 Å². The zero-order chi connectivity index (χ0) is 23.2. The minimum atomic E-state index is -3.20. The van der Waals surface area contributed by atoms with Crippen LogP contribution < -0.4 is 4.90 Å². The van der Waals surface area contributed by atoms with E-state index >= 15 is 0 Å². The van der Waals surface area contributed by atoms with E-state index in [1.165, 1.54) is 16.3 Å². The Bertz CT molecular complexity index is 1360. The van der Waals surface area contributed by atoms with E-state index in [0.717, 1.165) is 15.8 Å². The normalized spacial score (nSPS) is 20.2. The van der Waals surface area contributed by atoms with Gasteiger partial charge < -0.3 is 0 Å². The molecule has 1 unspecified atom stereocenters. The molecule has 1 saturated heterocycles. The fourth-order valence-corrected chi connectivity index (χ4v) is 6.85. The van der Waals surface area contributed by atoms with Gasteiger partial charge in [-0.2, -0.15) is 5.10 Å². The maximum absolute atomic E-state index is 13.8. The number of carbonyl (C=O) groups excluding carboxylic acids is 2. The SMILES string of the molecule is Cc1ccccc1N(C(=O)C1=NN(C2CCS(=O)(=O)C2)C(=O)CC1)c1nc2ccccc2s1. The van der Waals surface area contributed by atoms with Gasteiger partial charge in [-0.05, 0) is 37.1 Å². The summed E-state index contributed by atoms with van der Waals surface area (Å²) >= 11 is 1.41. The largest absolute Gasteiger partial charge is 0.280 e. The fourth-order valence-electron chi connectivity index (χ4n) is 4.18. The van der Waals surface area contributed by atoms with E-state index in [1.807, 2.05) is 55.5 Å². The predicted octanol–water partition coefficient (Wildman–Crippen LogP) is 3.43. The molecule has 1 atom stereocenters. The van der Waals surface area contributed by atoms with Gasteiger partial charge in [-0.1, -0.05) is 41.7 Å². The second-order valence-electron chi connectivity index (χ2n) is 8.23. The number of hydrazone groups is 1. The number of hydrogen-bond donors (Lipinski definition) is 0. The molecule has 3 aromatic rings. The van der Waals surface area contributed by atoms with E-state index in [2.05, 4.69) is 10.1 Å². The van der Waals surface area contributed by atoms with Crippen LogP contribution in [0.2, 0.25) is 0 Å². The van der Waals surface area contributed by atoms with Crippen molar-refractivity contribution in [3.05, 3.63) is 54.1 Å². The molecule has 0 radical (unpaired) electrons. The second-order valence-corrected chi connectivity index (χ2v) is 11.5. The third-order valence-corrected chi connectivity index (χ3v) is 8.67. The van der Waals surface area contributed by atoms with Gasteiger partial charge in [0.1, 0.15) is 5.71 Å². The molecule has 33 heavy (non-hydrogen) atoms. The van der Waals surface area contributed by atoms with Crippen molar-refractivity contribution in [1.29, 1.82) is 0 Å². The van der Waals surface area contributed by atoms with Gasteiger partial charge in [0.15, 0.2) is 15.0 Å². The van der Waals surface area contributed by atoms with Crippen LogP contribution in [0.3, 0.4) is 0 Å². The molecule has 10 heteroatoms. The van der Waals surface area contributed by atoms with Gasteiger partial charge in [0, 0.05) is 12.8 Å². The van der Waals surface area contributed by atoms with E-state index in [4.69, 9.17) is 0 Å². The summed E-state index contributed by atoms with van der Waals surface area (Å²) in [6.07, 6.45) is 0.641. The molecule has 5 rings (SSSR count). The van der Waals surface area contributed by atoms with Crippen molar-refractivity contribution in [2.24, 2.45) is 5.10 Å². The molecule has 0 bridgehead atoms. The number of thiazole rings is 1. The zero-order valence-corrected chi connectivity index (χ0v) is 19.6. The first-order valence-electron chi connectivity index (χ1n) is 10.7. The molecule has 2 amide bonds. The molecule has 2 aliphatic rings. The van der Waals surface area contributed by atoms with Crippen molar-refractivity contribution in [2.45, 2.75) is 32.2 Å². The number of aromatic nitrogens is 1. The Balaban J connectivity index is 1.56. The highest BCUT2D eigenvalue weighted by molar-refractivity contribution is 7.91. The highest BCUT2D eigenvalue weighted by Crippen LogP contribution is 2.35. The van der Waals surface area contributed by atoms with Crippen LogP contribution in [0.15, 0.2) is 53.6 Å². The standard InChI is InChI=1S/C23H22N4O4S2/c1-15-6-2-4-8-19(15)26(23-24-17-7-3-5-9-20(17)32-23)22(29)18-10-11-21(28)27(25-18)16-12-13-33(30,31)14-16/h2-9,16H,10-14H2,1H3. The van der Waals surface area contributed by atoms with Crippen molar-refractivity contribution in [2.75, 3.05) is 16.4 Å². The first-order chi connectivity index (χ1) is 15.8. The highest BCUT2D eigenvalue weighted by atomic mass is 32.2. The molecule has 3 heterocycles. The van der Waals surface area contributed by atoms with E-state index in [9.17, 15) is 18.0 Å². The van der Waals surface area contributed by atoms with Crippen molar-refractivity contribution in [1.82, 2.24) is 9.99 Å². The lowest BCUT2D eigenvalue weighted by molar-refractivity contribution is -0.133. The van der Waals surface area contributed by atoms with Gasteiger partial charge >= 0.3 is 0 Å². The quantitative estimate of drug-likeness (QED) is 0.567. The Labute approximate surface area is 195 Å². The molecule has 1 aromatic heterocycles. The third-order valence-electron chi connectivity index (χ3n) is 5.89. The summed E-state index contributed by atoms with van der Waals surface area (Å²) in [4.78, 5) is 32.6. The number of nitrogens with zero attached hydrogens (tertiary/aromatic N) is 4. The molecule has 0 saturated carbocycles. The van der Waals surface area contributed by atoms with Gasteiger partial charge in [0.05, 0.1) is 33.5 Å². The number of aryl methyl sites for hydroxylation is 1. The van der Waals surface area contributed by atoms with Crippen LogP contribution in [0.4, 0.5) is 10.8 Å². The Morgan fingerprint density at radius 3 is 2.61 bits per heavy atom. The minimum Gasteiger partial charge on any atom is -0.273 e. The molecule has 0 spiro atoms. The van der Waals surface area contributed by atoms with E-state index in [-0.39, 0.29) is 41.9 Å². The van der Waals surface area contributed by atoms with Crippen molar-refractivity contribution < 1.29 is 18.0 Å². The number of carbonyl (C=O) groups is 2. The van der Waals surface area contributed by atoms with Crippen molar-refractivity contribution in [3.63, 3.8) is 0 Å². The van der Waals surface area contributed by atoms with Gasteiger partial charge in [-0.25, -0.2) is 18.4 Å². The Kier molecular flexibility index (Phi) is 5.49. The van der Waals surface area contributed by atoms with E-state index in [0.29, 0.717) is 17.2 Å². The van der Waals surface area contributed by atoms with Crippen LogP contribution in [-0.2, 0) is 19.4 Å². The summed E-state index contributed by atoms with van der Waals surface area (Å²) in [7, 11) is -3.20. The number of anilines is 2. The smallest absolute Gasteiger partial charge is 0.273 e. The number of benzene rings is 2. The number of hydrogen-bond acceptors (Lipinski definition) is 7. The second kappa shape index (κ2) is 8.35. The summed E-state index contributed by atoms with van der Waals surface area (Å²) in [5.74, 6) is -0.706. The number of amides is 2. The first-order valence-corrected chi connectivity index (χ1v) is 13.3. The molecule has 1 fully saturated rings. The Hall–Kier alpha value is -3.11. The van der Waals surface area contributed by atoms with Crippen LogP contribution in [0.5, 0.6) is 0 Å². The third kappa shape index (κ3) is 4.16. The summed E-state index contributed by atoms with van der Waals surface area (Å²) in [6, 6.07) is 14.7. The highest BCUT2D eigenvalue weighted by Gasteiger charge is 2.38. The monoisotopic (exact) mass is 482 g/mol. The molecule has 2 aliphatic heterocycles. The zero-order valence-electron chi connectivity index (χ0n) is 18.0. The number of para-hydroxylation sites is 2. The number of sulfone groups is 1. The molecule has 170 valence electrons. The summed E-state index contributed by atoms with van der Waals surface area (Å²) in [5, 5.41) is 6.12. The maximum atomic E-state index is 13.8. The Morgan fingerprint density at radius 2 is 1.88 bits per heavy atom.